The summed E-state index contributed by atoms with van der Waals surface area (Å²) in [5.41, 5.74) is 5.42. The van der Waals surface area contributed by atoms with Crippen molar-refractivity contribution < 1.29 is 26.4 Å². The van der Waals surface area contributed by atoms with Crippen LogP contribution in [0.15, 0.2) is 50.6 Å². The van der Waals surface area contributed by atoms with Gasteiger partial charge in [0.1, 0.15) is 11.6 Å². The van der Waals surface area contributed by atoms with E-state index in [2.05, 4.69) is 10.2 Å². The maximum atomic E-state index is 14.5. The lowest BCUT2D eigenvalue weighted by Gasteiger charge is -2.21. The van der Waals surface area contributed by atoms with Crippen molar-refractivity contribution in [1.29, 1.82) is 0 Å². The largest absolute Gasteiger partial charge is 0.406 e. The third kappa shape index (κ3) is 6.16. The lowest BCUT2D eigenvalue weighted by Crippen LogP contribution is -2.32. The number of anilines is 1. The zero-order chi connectivity index (χ0) is 23.5. The van der Waals surface area contributed by atoms with Crippen LogP contribution in [0, 0.1) is 11.6 Å². The fourth-order valence-electron chi connectivity index (χ4n) is 2.58. The van der Waals surface area contributed by atoms with Crippen LogP contribution in [0.2, 0.25) is 5.02 Å². The fourth-order valence-corrected chi connectivity index (χ4v) is 4.25. The van der Waals surface area contributed by atoms with Gasteiger partial charge < -0.3 is 15.1 Å². The number of sulfonamides is 1. The van der Waals surface area contributed by atoms with Crippen LogP contribution in [-0.2, 0) is 27.9 Å². The number of nitrogens with zero attached hydrogens (tertiary/aromatic N) is 3. The van der Waals surface area contributed by atoms with Gasteiger partial charge in [0.25, 0.3) is 0 Å². The third-order valence-electron chi connectivity index (χ3n) is 4.12. The number of thioether (sulfide) groups is 1. The molecular formula is C18H16ClF2N5O4S2. The molecule has 3 aromatic rings. The zero-order valence-corrected chi connectivity index (χ0v) is 18.6. The molecule has 3 rings (SSSR count). The Bertz CT molecular complexity index is 1260. The van der Waals surface area contributed by atoms with Crippen molar-refractivity contribution in [1.82, 2.24) is 15.1 Å². The Labute approximate surface area is 190 Å². The maximum Gasteiger partial charge on any atom is 0.312 e. The molecule has 32 heavy (non-hydrogen) atoms. The minimum atomic E-state index is -4.09. The molecule has 0 saturated carbocycles. The normalized spacial score (nSPS) is 11.5. The molecule has 1 heterocycles. The molecule has 170 valence electrons. The monoisotopic (exact) mass is 503 g/mol. The Morgan fingerprint density at radius 3 is 2.53 bits per heavy atom. The summed E-state index contributed by atoms with van der Waals surface area (Å²) < 4.78 is 55.9. The number of halogens is 3. The van der Waals surface area contributed by atoms with Crippen LogP contribution < -0.4 is 10.9 Å². The molecule has 0 radical (unpaired) electrons. The minimum absolute atomic E-state index is 0.00574. The summed E-state index contributed by atoms with van der Waals surface area (Å²) in [4.78, 5) is 14.0. The second kappa shape index (κ2) is 9.81. The van der Waals surface area contributed by atoms with E-state index in [1.54, 1.807) is 0 Å². The first-order valence-electron chi connectivity index (χ1n) is 8.77. The van der Waals surface area contributed by atoms with E-state index in [0.717, 1.165) is 23.9 Å². The molecule has 0 aliphatic rings. The van der Waals surface area contributed by atoms with E-state index < -0.39 is 32.5 Å². The Hall–Kier alpha value is -2.74. The van der Waals surface area contributed by atoms with Gasteiger partial charge in [-0.3, -0.25) is 4.79 Å². The van der Waals surface area contributed by atoms with Gasteiger partial charge in [0.15, 0.2) is 0 Å². The molecule has 14 heteroatoms. The smallest absolute Gasteiger partial charge is 0.312 e. The minimum Gasteiger partial charge on any atom is -0.406 e. The average molecular weight is 504 g/mol. The topological polar surface area (TPSA) is 145 Å². The number of hydrogen-bond donors (Lipinski definition) is 2. The summed E-state index contributed by atoms with van der Waals surface area (Å²) in [5, 5.41) is 12.5. The van der Waals surface area contributed by atoms with Gasteiger partial charge in [-0.25, -0.2) is 22.3 Å². The van der Waals surface area contributed by atoms with Gasteiger partial charge in [-0.2, -0.15) is 0 Å². The first kappa shape index (κ1) is 23.9. The number of benzene rings is 2. The second-order valence-corrected chi connectivity index (χ2v) is 9.43. The van der Waals surface area contributed by atoms with E-state index in [4.69, 9.17) is 26.9 Å². The molecule has 2 aromatic carbocycles. The number of nitrogen functional groups attached to an aromatic ring is 1. The van der Waals surface area contributed by atoms with E-state index in [-0.39, 0.29) is 41.3 Å². The van der Waals surface area contributed by atoms with E-state index in [9.17, 15) is 22.0 Å². The predicted octanol–water partition coefficient (Wildman–Crippen LogP) is 2.55. The number of aromatic nitrogens is 2. The van der Waals surface area contributed by atoms with Gasteiger partial charge in [-0.05, 0) is 30.3 Å². The van der Waals surface area contributed by atoms with Crippen LogP contribution in [0.1, 0.15) is 11.5 Å². The molecule has 1 amide bonds. The molecule has 9 nitrogen and oxygen atoms in total. The highest BCUT2D eigenvalue weighted by atomic mass is 35.5. The molecule has 0 aliphatic heterocycles. The van der Waals surface area contributed by atoms with Crippen LogP contribution in [0.4, 0.5) is 14.8 Å². The lowest BCUT2D eigenvalue weighted by atomic mass is 10.2. The Morgan fingerprint density at radius 2 is 1.91 bits per heavy atom. The number of carbonyl (C=O) groups excluding carboxylic acids is 1. The Kier molecular flexibility index (Phi) is 7.33. The van der Waals surface area contributed by atoms with Gasteiger partial charge in [-0.1, -0.05) is 22.8 Å². The van der Waals surface area contributed by atoms with Crippen molar-refractivity contribution in [2.75, 3.05) is 11.5 Å². The van der Waals surface area contributed by atoms with E-state index in [1.807, 2.05) is 0 Å². The standard InChI is InChI=1S/C18H16ClF2N5O4S2/c19-13-4-2-11(20)5-15(13)31-9-17(27)26(8-16-24-25-18(22)30-16)7-10-1-3-12(6-14(10)21)32(23,28)29/h1-6H,7-9H2,(H2,22,25)(H2,23,28,29). The van der Waals surface area contributed by atoms with Gasteiger partial charge >= 0.3 is 6.01 Å². The highest BCUT2D eigenvalue weighted by molar-refractivity contribution is 8.00. The van der Waals surface area contributed by atoms with Crippen LogP contribution in [0.5, 0.6) is 0 Å². The molecular weight excluding hydrogens is 488 g/mol. The molecule has 0 saturated heterocycles. The summed E-state index contributed by atoms with van der Waals surface area (Å²) in [5.74, 6) is -2.03. The maximum absolute atomic E-state index is 14.5. The van der Waals surface area contributed by atoms with Crippen molar-refractivity contribution in [3.8, 4) is 0 Å². The van der Waals surface area contributed by atoms with E-state index in [1.165, 1.54) is 29.2 Å². The molecule has 0 unspecified atom stereocenters. The molecule has 0 aliphatic carbocycles. The van der Waals surface area contributed by atoms with Crippen LogP contribution in [0.3, 0.4) is 0 Å². The van der Waals surface area contributed by atoms with Crippen molar-refractivity contribution >= 4 is 45.3 Å². The number of amides is 1. The quantitative estimate of drug-likeness (QED) is 0.446. The van der Waals surface area contributed by atoms with Crippen molar-refractivity contribution in [3.05, 3.63) is 64.5 Å². The summed E-state index contributed by atoms with van der Waals surface area (Å²) in [6.45, 7) is -0.452. The summed E-state index contributed by atoms with van der Waals surface area (Å²) in [6, 6.07) is 6.63. The first-order valence-corrected chi connectivity index (χ1v) is 11.7. The number of primary sulfonamides is 1. The van der Waals surface area contributed by atoms with Gasteiger partial charge in [0.2, 0.25) is 21.8 Å². The first-order chi connectivity index (χ1) is 15.0. The summed E-state index contributed by atoms with van der Waals surface area (Å²) in [6.07, 6.45) is 0. The van der Waals surface area contributed by atoms with Crippen molar-refractivity contribution in [3.63, 3.8) is 0 Å². The SMILES string of the molecule is Nc1nnc(CN(Cc2ccc(S(N)(=O)=O)cc2F)C(=O)CSc2cc(F)ccc2Cl)o1. The van der Waals surface area contributed by atoms with Crippen LogP contribution >= 0.6 is 23.4 Å². The number of hydrogen-bond acceptors (Lipinski definition) is 8. The highest BCUT2D eigenvalue weighted by Gasteiger charge is 2.21. The number of rotatable bonds is 8. The highest BCUT2D eigenvalue weighted by Crippen LogP contribution is 2.28. The Balaban J connectivity index is 1.81. The molecule has 4 N–H and O–H groups in total. The van der Waals surface area contributed by atoms with Gasteiger partial charge in [0, 0.05) is 17.0 Å². The molecule has 0 atom stereocenters. The van der Waals surface area contributed by atoms with Crippen LogP contribution in [-0.4, -0.2) is 35.2 Å². The lowest BCUT2D eigenvalue weighted by molar-refractivity contribution is -0.129. The summed E-state index contributed by atoms with van der Waals surface area (Å²) in [7, 11) is -4.09. The van der Waals surface area contributed by atoms with E-state index >= 15 is 0 Å². The third-order valence-corrected chi connectivity index (χ3v) is 6.51. The van der Waals surface area contributed by atoms with Crippen LogP contribution in [0.25, 0.3) is 0 Å². The van der Waals surface area contributed by atoms with Crippen molar-refractivity contribution in [2.45, 2.75) is 22.9 Å². The van der Waals surface area contributed by atoms with E-state index in [0.29, 0.717) is 4.90 Å². The fraction of sp³-hybridized carbons (Fsp3) is 0.167. The summed E-state index contributed by atoms with van der Waals surface area (Å²) >= 11 is 7.02. The molecule has 0 bridgehead atoms. The predicted molar refractivity (Wildman–Crippen MR) is 113 cm³/mol. The van der Waals surface area contributed by atoms with Crippen molar-refractivity contribution in [2.24, 2.45) is 5.14 Å². The average Bonchev–Trinajstić information content (AvgIpc) is 3.13. The zero-order valence-electron chi connectivity index (χ0n) is 16.2. The number of nitrogens with two attached hydrogens (primary N) is 2. The molecule has 0 fully saturated rings. The second-order valence-electron chi connectivity index (χ2n) is 6.45. The van der Waals surface area contributed by atoms with Gasteiger partial charge in [-0.15, -0.1) is 16.9 Å². The van der Waals surface area contributed by atoms with Gasteiger partial charge in [0.05, 0.1) is 22.2 Å². The molecule has 0 spiro atoms. The molecule has 1 aromatic heterocycles. The Morgan fingerprint density at radius 1 is 1.16 bits per heavy atom. The number of carbonyl (C=O) groups is 1.